The lowest BCUT2D eigenvalue weighted by atomic mass is 10.00. The monoisotopic (exact) mass is 280 g/mol. The molecule has 1 N–H and O–H groups in total. The van der Waals surface area contributed by atoms with E-state index in [2.05, 4.69) is 0 Å². The molecule has 0 spiro atoms. The molecule has 100 valence electrons. The van der Waals surface area contributed by atoms with E-state index in [9.17, 15) is 9.50 Å². The van der Waals surface area contributed by atoms with Crippen LogP contribution in [-0.2, 0) is 0 Å². The first kappa shape index (κ1) is 13.8. The Morgan fingerprint density at radius 1 is 1.16 bits per heavy atom. The highest BCUT2D eigenvalue weighted by Gasteiger charge is 2.18. The molecule has 1 atom stereocenters. The number of hydrogen-bond acceptors (Lipinski definition) is 2. The molecule has 4 heteroatoms. The van der Waals surface area contributed by atoms with Gasteiger partial charge in [-0.1, -0.05) is 23.7 Å². The zero-order chi connectivity index (χ0) is 14.0. The lowest BCUT2D eigenvalue weighted by Gasteiger charge is -2.15. The number of rotatable bonds is 3. The Hall–Kier alpha value is -1.58. The molecule has 0 bridgehead atoms. The predicted octanol–water partition coefficient (Wildman–Crippen LogP) is 3.88. The average Bonchev–Trinajstić information content (AvgIpc) is 2.37. The van der Waals surface area contributed by atoms with Gasteiger partial charge in [0.05, 0.1) is 7.11 Å². The molecule has 2 nitrogen and oxygen atoms in total. The van der Waals surface area contributed by atoms with Crippen molar-refractivity contribution in [2.75, 3.05) is 7.11 Å². The van der Waals surface area contributed by atoms with Crippen LogP contribution < -0.4 is 4.74 Å². The molecule has 0 saturated heterocycles. The molecule has 0 radical (unpaired) electrons. The summed E-state index contributed by atoms with van der Waals surface area (Å²) < 4.78 is 18.8. The van der Waals surface area contributed by atoms with E-state index in [4.69, 9.17) is 16.3 Å². The standard InChI is InChI=1S/C15H14ClFO2/c1-9-3-5-11(13(16)7-9)15(18)12-6-4-10(19-2)8-14(12)17/h3-8,15,18H,1-2H3. The van der Waals surface area contributed by atoms with Crippen LogP contribution in [0.5, 0.6) is 5.75 Å². The van der Waals surface area contributed by atoms with Gasteiger partial charge in [0, 0.05) is 22.2 Å². The molecule has 2 aromatic carbocycles. The molecular formula is C15H14ClFO2. The maximum absolute atomic E-state index is 13.9. The molecule has 1 unspecified atom stereocenters. The lowest BCUT2D eigenvalue weighted by Crippen LogP contribution is -2.04. The number of hydrogen-bond donors (Lipinski definition) is 1. The second-order valence-corrected chi connectivity index (χ2v) is 4.72. The molecule has 19 heavy (non-hydrogen) atoms. The Balaban J connectivity index is 2.41. The summed E-state index contributed by atoms with van der Waals surface area (Å²) in [4.78, 5) is 0. The fourth-order valence-corrected chi connectivity index (χ4v) is 2.22. The zero-order valence-corrected chi connectivity index (χ0v) is 11.4. The fourth-order valence-electron chi connectivity index (χ4n) is 1.88. The molecular weight excluding hydrogens is 267 g/mol. The highest BCUT2D eigenvalue weighted by molar-refractivity contribution is 6.31. The van der Waals surface area contributed by atoms with Crippen molar-refractivity contribution in [1.82, 2.24) is 0 Å². The van der Waals surface area contributed by atoms with Crippen LogP contribution >= 0.6 is 11.6 Å². The number of ether oxygens (including phenoxy) is 1. The van der Waals surface area contributed by atoms with Gasteiger partial charge in [-0.25, -0.2) is 4.39 Å². The van der Waals surface area contributed by atoms with Gasteiger partial charge in [-0.2, -0.15) is 0 Å². The van der Waals surface area contributed by atoms with Gasteiger partial charge >= 0.3 is 0 Å². The maximum atomic E-state index is 13.9. The van der Waals surface area contributed by atoms with E-state index in [1.54, 1.807) is 18.2 Å². The summed E-state index contributed by atoms with van der Waals surface area (Å²) in [7, 11) is 1.46. The Morgan fingerprint density at radius 3 is 2.42 bits per heavy atom. The van der Waals surface area contributed by atoms with E-state index in [-0.39, 0.29) is 5.56 Å². The minimum atomic E-state index is -1.10. The average molecular weight is 281 g/mol. The second kappa shape index (κ2) is 5.59. The van der Waals surface area contributed by atoms with E-state index >= 15 is 0 Å². The normalized spacial score (nSPS) is 12.3. The Labute approximate surface area is 116 Å². The second-order valence-electron chi connectivity index (χ2n) is 4.31. The number of methoxy groups -OCH3 is 1. The Kier molecular flexibility index (Phi) is 4.08. The van der Waals surface area contributed by atoms with E-state index in [0.29, 0.717) is 16.3 Å². The van der Waals surface area contributed by atoms with Crippen LogP contribution in [-0.4, -0.2) is 12.2 Å². The SMILES string of the molecule is COc1ccc(C(O)c2ccc(C)cc2Cl)c(F)c1. The smallest absolute Gasteiger partial charge is 0.133 e. The minimum absolute atomic E-state index is 0.173. The van der Waals surface area contributed by atoms with Gasteiger partial charge in [0.2, 0.25) is 0 Å². The molecule has 0 heterocycles. The molecule has 2 aromatic rings. The van der Waals surface area contributed by atoms with Crippen LogP contribution in [0.3, 0.4) is 0 Å². The zero-order valence-electron chi connectivity index (χ0n) is 10.7. The number of aryl methyl sites for hydroxylation is 1. The van der Waals surface area contributed by atoms with Gasteiger partial charge in [-0.3, -0.25) is 0 Å². The molecule has 0 amide bonds. The van der Waals surface area contributed by atoms with Crippen molar-refractivity contribution >= 4 is 11.6 Å². The molecule has 0 aromatic heterocycles. The van der Waals surface area contributed by atoms with Crippen molar-refractivity contribution in [2.45, 2.75) is 13.0 Å². The third kappa shape index (κ3) is 2.88. The van der Waals surface area contributed by atoms with Crippen molar-refractivity contribution in [2.24, 2.45) is 0 Å². The first-order valence-corrected chi connectivity index (χ1v) is 6.18. The summed E-state index contributed by atoms with van der Waals surface area (Å²) >= 11 is 6.08. The van der Waals surface area contributed by atoms with E-state index in [1.807, 2.05) is 13.0 Å². The topological polar surface area (TPSA) is 29.5 Å². The van der Waals surface area contributed by atoms with Crippen molar-refractivity contribution in [3.63, 3.8) is 0 Å². The number of aliphatic hydroxyl groups is 1. The summed E-state index contributed by atoms with van der Waals surface area (Å²) in [6, 6.07) is 9.60. The van der Waals surface area contributed by atoms with Crippen LogP contribution in [0.2, 0.25) is 5.02 Å². The van der Waals surface area contributed by atoms with Gasteiger partial charge in [0.25, 0.3) is 0 Å². The third-order valence-corrected chi connectivity index (χ3v) is 3.28. The van der Waals surface area contributed by atoms with E-state index in [0.717, 1.165) is 5.56 Å². The van der Waals surface area contributed by atoms with Gasteiger partial charge in [-0.15, -0.1) is 0 Å². The number of halogens is 2. The maximum Gasteiger partial charge on any atom is 0.133 e. The molecule has 0 saturated carbocycles. The summed E-state index contributed by atoms with van der Waals surface area (Å²) in [6.45, 7) is 1.90. The lowest BCUT2D eigenvalue weighted by molar-refractivity contribution is 0.215. The van der Waals surface area contributed by atoms with Crippen molar-refractivity contribution in [1.29, 1.82) is 0 Å². The Bertz CT molecular complexity index is 599. The first-order valence-electron chi connectivity index (χ1n) is 5.80. The molecule has 0 aliphatic carbocycles. The van der Waals surface area contributed by atoms with Gasteiger partial charge in [-0.05, 0) is 30.7 Å². The molecule has 0 aliphatic heterocycles. The van der Waals surface area contributed by atoms with Crippen LogP contribution in [0.15, 0.2) is 36.4 Å². The van der Waals surface area contributed by atoms with Crippen molar-refractivity contribution < 1.29 is 14.2 Å². The molecule has 0 aliphatic rings. The van der Waals surface area contributed by atoms with Gasteiger partial charge in [0.1, 0.15) is 17.7 Å². The molecule has 0 fully saturated rings. The van der Waals surface area contributed by atoms with Crippen LogP contribution in [0.4, 0.5) is 4.39 Å². The highest BCUT2D eigenvalue weighted by Crippen LogP contribution is 2.31. The molecule has 2 rings (SSSR count). The quantitative estimate of drug-likeness (QED) is 0.924. The fraction of sp³-hybridized carbons (Fsp3) is 0.200. The Morgan fingerprint density at radius 2 is 1.84 bits per heavy atom. The third-order valence-electron chi connectivity index (χ3n) is 2.95. The largest absolute Gasteiger partial charge is 0.497 e. The predicted molar refractivity (Wildman–Crippen MR) is 73.2 cm³/mol. The van der Waals surface area contributed by atoms with Crippen molar-refractivity contribution in [3.8, 4) is 5.75 Å². The summed E-state index contributed by atoms with van der Waals surface area (Å²) in [5, 5.41) is 10.7. The van der Waals surface area contributed by atoms with Gasteiger partial charge < -0.3 is 9.84 Å². The minimum Gasteiger partial charge on any atom is -0.497 e. The highest BCUT2D eigenvalue weighted by atomic mass is 35.5. The first-order chi connectivity index (χ1) is 9.02. The van der Waals surface area contributed by atoms with E-state index in [1.165, 1.54) is 19.2 Å². The van der Waals surface area contributed by atoms with Crippen molar-refractivity contribution in [3.05, 3.63) is 63.9 Å². The number of benzene rings is 2. The van der Waals surface area contributed by atoms with E-state index < -0.39 is 11.9 Å². The summed E-state index contributed by atoms with van der Waals surface area (Å²) in [5.74, 6) is -0.119. The summed E-state index contributed by atoms with van der Waals surface area (Å²) in [6.07, 6.45) is -1.10. The van der Waals surface area contributed by atoms with Crippen LogP contribution in [0.1, 0.15) is 22.8 Å². The van der Waals surface area contributed by atoms with Crippen LogP contribution in [0.25, 0.3) is 0 Å². The summed E-state index contributed by atoms with van der Waals surface area (Å²) in [5.41, 5.74) is 1.64. The number of aliphatic hydroxyl groups excluding tert-OH is 1. The van der Waals surface area contributed by atoms with Gasteiger partial charge in [0.15, 0.2) is 0 Å². The van der Waals surface area contributed by atoms with Crippen LogP contribution in [0, 0.1) is 12.7 Å².